The second-order valence-corrected chi connectivity index (χ2v) is 5.73. The van der Waals surface area contributed by atoms with Crippen molar-refractivity contribution in [2.75, 3.05) is 26.7 Å². The van der Waals surface area contributed by atoms with Gasteiger partial charge in [0.1, 0.15) is 5.82 Å². The van der Waals surface area contributed by atoms with Gasteiger partial charge in [-0.3, -0.25) is 9.69 Å². The number of aliphatic hydroxyl groups is 1. The molecule has 2 atom stereocenters. The Bertz CT molecular complexity index is 495. The number of hydrogen-bond donors (Lipinski definition) is 1. The van der Waals surface area contributed by atoms with Crippen LogP contribution in [0.5, 0.6) is 0 Å². The van der Waals surface area contributed by atoms with Crippen LogP contribution in [0.4, 0.5) is 4.39 Å². The molecule has 1 N–H and O–H groups in total. The molecule has 1 saturated heterocycles. The number of hydrogen-bond acceptors (Lipinski definition) is 3. The molecule has 0 radical (unpaired) electrons. The standard InChI is InChI=1S/C16H23FN2O2/c1-12(14-6-3-4-7-15(14)17)18(2)10-13(20)11-19-9-5-8-16(19)21/h3-4,6-7,12-13,20H,5,8-11H2,1-2H3. The maximum absolute atomic E-state index is 13.8. The van der Waals surface area contributed by atoms with Gasteiger partial charge in [-0.25, -0.2) is 4.39 Å². The van der Waals surface area contributed by atoms with Crippen molar-refractivity contribution in [3.63, 3.8) is 0 Å². The van der Waals surface area contributed by atoms with E-state index in [4.69, 9.17) is 0 Å². The third-order valence-corrected chi connectivity index (χ3v) is 4.12. The van der Waals surface area contributed by atoms with Crippen LogP contribution in [0.3, 0.4) is 0 Å². The molecule has 2 unspecified atom stereocenters. The first-order chi connectivity index (χ1) is 9.99. The van der Waals surface area contributed by atoms with Gasteiger partial charge in [0.25, 0.3) is 0 Å². The maximum Gasteiger partial charge on any atom is 0.222 e. The van der Waals surface area contributed by atoms with Crippen LogP contribution < -0.4 is 0 Å². The van der Waals surface area contributed by atoms with Crippen molar-refractivity contribution in [2.45, 2.75) is 31.9 Å². The van der Waals surface area contributed by atoms with E-state index in [2.05, 4.69) is 0 Å². The van der Waals surface area contributed by atoms with Crippen LogP contribution in [0, 0.1) is 5.82 Å². The Morgan fingerprint density at radius 3 is 2.76 bits per heavy atom. The van der Waals surface area contributed by atoms with E-state index < -0.39 is 6.10 Å². The molecule has 0 aliphatic carbocycles. The fourth-order valence-corrected chi connectivity index (χ4v) is 2.75. The van der Waals surface area contributed by atoms with Gasteiger partial charge in [0.2, 0.25) is 5.91 Å². The van der Waals surface area contributed by atoms with Gasteiger partial charge >= 0.3 is 0 Å². The lowest BCUT2D eigenvalue weighted by molar-refractivity contribution is -0.129. The van der Waals surface area contributed by atoms with Crippen LogP contribution in [-0.2, 0) is 4.79 Å². The van der Waals surface area contributed by atoms with E-state index in [0.29, 0.717) is 25.1 Å². The molecule has 1 amide bonds. The normalized spacial score (nSPS) is 18.3. The number of nitrogens with zero attached hydrogens (tertiary/aromatic N) is 2. The van der Waals surface area contributed by atoms with Crippen LogP contribution in [0.25, 0.3) is 0 Å². The number of aliphatic hydroxyl groups excluding tert-OH is 1. The number of likely N-dealkylation sites (N-methyl/N-ethyl adjacent to an activating group) is 1. The van der Waals surface area contributed by atoms with Crippen molar-refractivity contribution in [1.29, 1.82) is 0 Å². The van der Waals surface area contributed by atoms with Crippen molar-refractivity contribution >= 4 is 5.91 Å². The third kappa shape index (κ3) is 4.02. The predicted octanol–water partition coefficient (Wildman–Crippen LogP) is 1.80. The zero-order valence-electron chi connectivity index (χ0n) is 12.6. The Morgan fingerprint density at radius 1 is 1.43 bits per heavy atom. The summed E-state index contributed by atoms with van der Waals surface area (Å²) in [6.45, 7) is 3.39. The highest BCUT2D eigenvalue weighted by atomic mass is 19.1. The summed E-state index contributed by atoms with van der Waals surface area (Å²) < 4.78 is 13.8. The van der Waals surface area contributed by atoms with E-state index in [0.717, 1.165) is 13.0 Å². The molecule has 5 heteroatoms. The number of rotatable bonds is 6. The average Bonchev–Trinajstić information content (AvgIpc) is 2.84. The van der Waals surface area contributed by atoms with Gasteiger partial charge < -0.3 is 10.0 Å². The molecule has 1 aliphatic rings. The molecule has 0 bridgehead atoms. The maximum atomic E-state index is 13.8. The summed E-state index contributed by atoms with van der Waals surface area (Å²) in [5, 5.41) is 10.1. The summed E-state index contributed by atoms with van der Waals surface area (Å²) in [7, 11) is 1.85. The Hall–Kier alpha value is -1.46. The molecule has 1 aromatic carbocycles. The number of β-amino-alcohol motifs (C(OH)–C–C–N with tert-alkyl or cyclic N) is 1. The highest BCUT2D eigenvalue weighted by Gasteiger charge is 2.24. The van der Waals surface area contributed by atoms with E-state index in [9.17, 15) is 14.3 Å². The lowest BCUT2D eigenvalue weighted by Crippen LogP contribution is -2.40. The number of carbonyl (C=O) groups excluding carboxylic acids is 1. The topological polar surface area (TPSA) is 43.8 Å². The van der Waals surface area contributed by atoms with Crippen molar-refractivity contribution < 1.29 is 14.3 Å². The van der Waals surface area contributed by atoms with Crippen molar-refractivity contribution in [2.24, 2.45) is 0 Å². The number of halogens is 1. The first-order valence-electron chi connectivity index (χ1n) is 7.39. The molecule has 4 nitrogen and oxygen atoms in total. The van der Waals surface area contributed by atoms with E-state index in [1.165, 1.54) is 6.07 Å². The minimum Gasteiger partial charge on any atom is -0.390 e. The summed E-state index contributed by atoms with van der Waals surface area (Å²) in [6, 6.07) is 6.54. The van der Waals surface area contributed by atoms with Crippen LogP contribution in [0.1, 0.15) is 31.4 Å². The fraction of sp³-hybridized carbons (Fsp3) is 0.562. The molecule has 0 saturated carbocycles. The molecule has 0 aromatic heterocycles. The molecular weight excluding hydrogens is 271 g/mol. The predicted molar refractivity (Wildman–Crippen MR) is 79.3 cm³/mol. The molecule has 116 valence electrons. The molecule has 1 heterocycles. The molecule has 1 aromatic rings. The van der Waals surface area contributed by atoms with Gasteiger partial charge in [-0.2, -0.15) is 0 Å². The van der Waals surface area contributed by atoms with Gasteiger partial charge in [0, 0.05) is 37.7 Å². The average molecular weight is 294 g/mol. The minimum atomic E-state index is -0.619. The summed E-state index contributed by atoms with van der Waals surface area (Å²) in [5.74, 6) is -0.125. The zero-order valence-corrected chi connectivity index (χ0v) is 12.6. The monoisotopic (exact) mass is 294 g/mol. The van der Waals surface area contributed by atoms with E-state index in [1.807, 2.05) is 24.9 Å². The highest BCUT2D eigenvalue weighted by molar-refractivity contribution is 5.78. The van der Waals surface area contributed by atoms with Crippen LogP contribution in [0.2, 0.25) is 0 Å². The minimum absolute atomic E-state index is 0.110. The third-order valence-electron chi connectivity index (χ3n) is 4.12. The molecule has 1 fully saturated rings. The van der Waals surface area contributed by atoms with Crippen LogP contribution >= 0.6 is 0 Å². The lowest BCUT2D eigenvalue weighted by Gasteiger charge is -2.29. The van der Waals surface area contributed by atoms with Gasteiger partial charge in [0.05, 0.1) is 6.10 Å². The lowest BCUT2D eigenvalue weighted by atomic mass is 10.1. The SMILES string of the molecule is CC(c1ccccc1F)N(C)CC(O)CN1CCCC1=O. The summed E-state index contributed by atoms with van der Waals surface area (Å²) in [5.41, 5.74) is 0.615. The summed E-state index contributed by atoms with van der Waals surface area (Å²) in [6.07, 6.45) is 0.826. The highest BCUT2D eigenvalue weighted by Crippen LogP contribution is 2.21. The Morgan fingerprint density at radius 2 is 2.14 bits per heavy atom. The smallest absolute Gasteiger partial charge is 0.222 e. The fourth-order valence-electron chi connectivity index (χ4n) is 2.75. The second kappa shape index (κ2) is 7.00. The van der Waals surface area contributed by atoms with Crippen molar-refractivity contribution in [3.8, 4) is 0 Å². The Labute approximate surface area is 125 Å². The molecule has 2 rings (SSSR count). The molecular formula is C16H23FN2O2. The largest absolute Gasteiger partial charge is 0.390 e. The number of amides is 1. The van der Waals surface area contributed by atoms with Crippen LogP contribution in [0.15, 0.2) is 24.3 Å². The molecule has 0 spiro atoms. The Kier molecular flexibility index (Phi) is 5.31. The first-order valence-corrected chi connectivity index (χ1v) is 7.39. The van der Waals surface area contributed by atoms with E-state index >= 15 is 0 Å². The second-order valence-electron chi connectivity index (χ2n) is 5.73. The van der Waals surface area contributed by atoms with Gasteiger partial charge in [-0.05, 0) is 26.5 Å². The van der Waals surface area contributed by atoms with E-state index in [-0.39, 0.29) is 17.8 Å². The van der Waals surface area contributed by atoms with Gasteiger partial charge in [-0.1, -0.05) is 18.2 Å². The van der Waals surface area contributed by atoms with Crippen molar-refractivity contribution in [3.05, 3.63) is 35.6 Å². The summed E-state index contributed by atoms with van der Waals surface area (Å²) in [4.78, 5) is 15.2. The Balaban J connectivity index is 1.89. The zero-order chi connectivity index (χ0) is 15.4. The van der Waals surface area contributed by atoms with E-state index in [1.54, 1.807) is 17.0 Å². The van der Waals surface area contributed by atoms with Crippen LogP contribution in [-0.4, -0.2) is 53.6 Å². The molecule has 21 heavy (non-hydrogen) atoms. The number of likely N-dealkylation sites (tertiary alicyclic amines) is 1. The van der Waals surface area contributed by atoms with Gasteiger partial charge in [0.15, 0.2) is 0 Å². The van der Waals surface area contributed by atoms with Gasteiger partial charge in [-0.15, -0.1) is 0 Å². The van der Waals surface area contributed by atoms with Crippen molar-refractivity contribution in [1.82, 2.24) is 9.80 Å². The number of benzene rings is 1. The number of carbonyl (C=O) groups is 1. The summed E-state index contributed by atoms with van der Waals surface area (Å²) >= 11 is 0. The quantitative estimate of drug-likeness (QED) is 0.870. The molecule has 1 aliphatic heterocycles. The first kappa shape index (κ1) is 15.9.